The second-order valence-electron chi connectivity index (χ2n) is 2.80. The molecule has 3 amide bonds. The molecule has 2 atom stereocenters. The van der Waals surface area contributed by atoms with Crippen molar-refractivity contribution >= 4 is 11.9 Å². The van der Waals surface area contributed by atoms with E-state index in [2.05, 4.69) is 17.1 Å². The summed E-state index contributed by atoms with van der Waals surface area (Å²) < 4.78 is 0. The van der Waals surface area contributed by atoms with Gasteiger partial charge in [0.15, 0.2) is 0 Å². The summed E-state index contributed by atoms with van der Waals surface area (Å²) in [6.45, 7) is 0. The minimum atomic E-state index is -0.422. The largest absolute Gasteiger partial charge is 0.331 e. The van der Waals surface area contributed by atoms with Crippen LogP contribution in [0.4, 0.5) is 4.79 Å². The first-order valence-electron chi connectivity index (χ1n) is 3.79. The molecular weight excluding hydrogens is 156 g/mol. The summed E-state index contributed by atoms with van der Waals surface area (Å²) in [5, 5.41) is 4.82. The standard InChI is InChI=1S/C8H8N2O2/c11-7-5-3-1-2-4-6(5)9-8(12)10-7/h2,4-6H,1H2,(H2,9,10,11,12). The van der Waals surface area contributed by atoms with E-state index in [0.29, 0.717) is 6.42 Å². The molecule has 4 nitrogen and oxygen atoms in total. The lowest BCUT2D eigenvalue weighted by molar-refractivity contribution is -0.124. The summed E-state index contributed by atoms with van der Waals surface area (Å²) >= 11 is 0. The monoisotopic (exact) mass is 164 g/mol. The molecule has 1 heterocycles. The van der Waals surface area contributed by atoms with Crippen LogP contribution in [0.5, 0.6) is 0 Å². The number of carbonyl (C=O) groups excluding carboxylic acids is 2. The molecule has 12 heavy (non-hydrogen) atoms. The highest BCUT2D eigenvalue weighted by Crippen LogP contribution is 2.19. The smallest absolute Gasteiger partial charge is 0.321 e. The lowest BCUT2D eigenvalue weighted by Crippen LogP contribution is -2.58. The van der Waals surface area contributed by atoms with Crippen molar-refractivity contribution in [2.24, 2.45) is 5.92 Å². The van der Waals surface area contributed by atoms with E-state index in [4.69, 9.17) is 0 Å². The third kappa shape index (κ3) is 1.09. The third-order valence-corrected chi connectivity index (χ3v) is 1.98. The van der Waals surface area contributed by atoms with Crippen LogP contribution in [0, 0.1) is 12.3 Å². The predicted molar refractivity (Wildman–Crippen MR) is 41.0 cm³/mol. The first-order valence-corrected chi connectivity index (χ1v) is 3.79. The second-order valence-corrected chi connectivity index (χ2v) is 2.80. The SMILES string of the molecule is O=C1NC(=O)C2[C]CC=CC2N1. The number of hydrogen-bond donors (Lipinski definition) is 2. The minimum absolute atomic E-state index is 0.194. The zero-order valence-electron chi connectivity index (χ0n) is 6.33. The van der Waals surface area contributed by atoms with Crippen molar-refractivity contribution in [2.45, 2.75) is 12.5 Å². The van der Waals surface area contributed by atoms with Gasteiger partial charge in [-0.15, -0.1) is 0 Å². The van der Waals surface area contributed by atoms with Gasteiger partial charge in [0.1, 0.15) is 0 Å². The fourth-order valence-electron chi connectivity index (χ4n) is 1.41. The van der Waals surface area contributed by atoms with E-state index in [1.807, 2.05) is 12.2 Å². The molecular formula is C8H8N2O2. The fraction of sp³-hybridized carbons (Fsp3) is 0.375. The van der Waals surface area contributed by atoms with Gasteiger partial charge in [-0.1, -0.05) is 12.2 Å². The van der Waals surface area contributed by atoms with Gasteiger partial charge in [-0.2, -0.15) is 0 Å². The summed E-state index contributed by atoms with van der Waals surface area (Å²) in [6.07, 6.45) is 7.37. The molecule has 2 radical (unpaired) electrons. The molecule has 1 saturated heterocycles. The number of imide groups is 1. The number of hydrogen-bond acceptors (Lipinski definition) is 2. The maximum Gasteiger partial charge on any atom is 0.321 e. The summed E-state index contributed by atoms with van der Waals surface area (Å²) in [4.78, 5) is 22.0. The van der Waals surface area contributed by atoms with Crippen molar-refractivity contribution in [3.63, 3.8) is 0 Å². The van der Waals surface area contributed by atoms with Crippen molar-refractivity contribution in [3.8, 4) is 0 Å². The molecule has 4 heteroatoms. The van der Waals surface area contributed by atoms with Gasteiger partial charge in [0.05, 0.1) is 12.0 Å². The Bertz CT molecular complexity index is 260. The van der Waals surface area contributed by atoms with E-state index in [1.54, 1.807) is 0 Å². The predicted octanol–water partition coefficient (Wildman–Crippen LogP) is -0.148. The van der Waals surface area contributed by atoms with Crippen LogP contribution in [-0.4, -0.2) is 18.0 Å². The van der Waals surface area contributed by atoms with E-state index < -0.39 is 6.03 Å². The molecule has 0 saturated carbocycles. The molecule has 62 valence electrons. The molecule has 0 bridgehead atoms. The summed E-state index contributed by atoms with van der Waals surface area (Å²) in [7, 11) is 0. The topological polar surface area (TPSA) is 58.2 Å². The van der Waals surface area contributed by atoms with Crippen molar-refractivity contribution < 1.29 is 9.59 Å². The molecule has 2 rings (SSSR count). The lowest BCUT2D eigenvalue weighted by Gasteiger charge is -2.30. The Kier molecular flexibility index (Phi) is 1.60. The Balaban J connectivity index is 2.20. The second kappa shape index (κ2) is 2.62. The molecule has 0 spiro atoms. The molecule has 2 N–H and O–H groups in total. The van der Waals surface area contributed by atoms with Crippen LogP contribution in [0.1, 0.15) is 6.42 Å². The molecule has 2 unspecified atom stereocenters. The van der Waals surface area contributed by atoms with Crippen LogP contribution < -0.4 is 10.6 Å². The Labute approximate surface area is 70.0 Å². The Morgan fingerprint density at radius 3 is 3.17 bits per heavy atom. The van der Waals surface area contributed by atoms with E-state index in [9.17, 15) is 9.59 Å². The van der Waals surface area contributed by atoms with E-state index in [-0.39, 0.29) is 17.9 Å². The zero-order valence-corrected chi connectivity index (χ0v) is 6.33. The lowest BCUT2D eigenvalue weighted by atomic mass is 9.88. The van der Waals surface area contributed by atoms with Gasteiger partial charge >= 0.3 is 6.03 Å². The normalized spacial score (nSPS) is 33.7. The number of rotatable bonds is 0. The van der Waals surface area contributed by atoms with Crippen molar-refractivity contribution in [1.29, 1.82) is 0 Å². The van der Waals surface area contributed by atoms with Crippen molar-refractivity contribution in [1.82, 2.24) is 10.6 Å². The number of nitrogens with one attached hydrogen (secondary N) is 2. The highest BCUT2D eigenvalue weighted by molar-refractivity contribution is 5.99. The van der Waals surface area contributed by atoms with Gasteiger partial charge in [-0.05, 0) is 6.42 Å². The quantitative estimate of drug-likeness (QED) is 0.489. The number of amides is 3. The van der Waals surface area contributed by atoms with Gasteiger partial charge in [0.25, 0.3) is 0 Å². The third-order valence-electron chi connectivity index (χ3n) is 1.98. The average Bonchev–Trinajstić information content (AvgIpc) is 2.04. The Morgan fingerprint density at radius 2 is 2.33 bits per heavy atom. The van der Waals surface area contributed by atoms with Gasteiger partial charge in [-0.3, -0.25) is 10.1 Å². The maximum absolute atomic E-state index is 11.2. The van der Waals surface area contributed by atoms with Crippen LogP contribution in [0.25, 0.3) is 0 Å². The fourth-order valence-corrected chi connectivity index (χ4v) is 1.41. The summed E-state index contributed by atoms with van der Waals surface area (Å²) in [6, 6.07) is -0.616. The van der Waals surface area contributed by atoms with Crippen molar-refractivity contribution in [3.05, 3.63) is 18.6 Å². The molecule has 2 aliphatic rings. The van der Waals surface area contributed by atoms with Crippen LogP contribution in [0.15, 0.2) is 12.2 Å². The van der Waals surface area contributed by atoms with Gasteiger partial charge in [-0.25, -0.2) is 4.79 Å². The van der Waals surface area contributed by atoms with Gasteiger partial charge in [0.2, 0.25) is 5.91 Å². The molecule has 1 aliphatic carbocycles. The van der Waals surface area contributed by atoms with E-state index in [0.717, 1.165) is 0 Å². The summed E-state index contributed by atoms with van der Waals surface area (Å²) in [5.74, 6) is -0.569. The van der Waals surface area contributed by atoms with Crippen LogP contribution in [-0.2, 0) is 4.79 Å². The molecule has 0 aromatic rings. The van der Waals surface area contributed by atoms with Crippen LogP contribution in [0.2, 0.25) is 0 Å². The van der Waals surface area contributed by atoms with E-state index >= 15 is 0 Å². The number of carbonyl (C=O) groups is 2. The van der Waals surface area contributed by atoms with Gasteiger partial charge in [0, 0.05) is 6.42 Å². The van der Waals surface area contributed by atoms with Crippen molar-refractivity contribution in [2.75, 3.05) is 0 Å². The zero-order chi connectivity index (χ0) is 8.55. The highest BCUT2D eigenvalue weighted by Gasteiger charge is 2.34. The number of allylic oxidation sites excluding steroid dienone is 1. The summed E-state index contributed by atoms with van der Waals surface area (Å²) in [5.41, 5.74) is 0. The first kappa shape index (κ1) is 7.34. The number of urea groups is 1. The first-order chi connectivity index (χ1) is 5.77. The molecule has 1 fully saturated rings. The number of fused-ring (bicyclic) bond motifs is 1. The average molecular weight is 164 g/mol. The molecule has 1 aliphatic heterocycles. The highest BCUT2D eigenvalue weighted by atomic mass is 16.2. The molecule has 0 aromatic heterocycles. The Hall–Kier alpha value is -1.32. The van der Waals surface area contributed by atoms with E-state index in [1.165, 1.54) is 0 Å². The van der Waals surface area contributed by atoms with Gasteiger partial charge < -0.3 is 5.32 Å². The van der Waals surface area contributed by atoms with Crippen LogP contribution in [0.3, 0.4) is 0 Å². The molecule has 0 aromatic carbocycles. The maximum atomic E-state index is 11.2. The Morgan fingerprint density at radius 1 is 1.50 bits per heavy atom. The minimum Gasteiger partial charge on any atom is -0.331 e. The van der Waals surface area contributed by atoms with Crippen LogP contribution >= 0.6 is 0 Å².